The van der Waals surface area contributed by atoms with Gasteiger partial charge < -0.3 is 5.32 Å². The van der Waals surface area contributed by atoms with Gasteiger partial charge in [0.15, 0.2) is 0 Å². The smallest absolute Gasteiger partial charge is 0.0256 e. The van der Waals surface area contributed by atoms with Crippen LogP contribution >= 0.6 is 11.6 Å². The highest BCUT2D eigenvalue weighted by Crippen LogP contribution is 2.44. The Morgan fingerprint density at radius 1 is 1.40 bits per heavy atom. The van der Waals surface area contributed by atoms with E-state index in [1.54, 1.807) is 5.57 Å². The Balaban J connectivity index is 2.06. The molecule has 0 aromatic heterocycles. The van der Waals surface area contributed by atoms with Crippen LogP contribution in [-0.2, 0) is 0 Å². The molecule has 1 N–H and O–H groups in total. The second kappa shape index (κ2) is 3.50. The summed E-state index contributed by atoms with van der Waals surface area (Å²) in [5.41, 5.74) is 4.35. The van der Waals surface area contributed by atoms with Crippen LogP contribution in [0.5, 0.6) is 0 Å². The highest BCUT2D eigenvalue weighted by atomic mass is 35.5. The highest BCUT2D eigenvalue weighted by Gasteiger charge is 2.31. The van der Waals surface area contributed by atoms with Crippen molar-refractivity contribution in [3.63, 3.8) is 0 Å². The number of hydrogen-bond acceptors (Lipinski definition) is 1. The lowest BCUT2D eigenvalue weighted by atomic mass is 9.81. The van der Waals surface area contributed by atoms with Crippen molar-refractivity contribution in [1.82, 2.24) is 5.32 Å². The molecule has 0 saturated carbocycles. The minimum absolute atomic E-state index is 0.632. The third-order valence-electron chi connectivity index (χ3n) is 3.78. The molecule has 0 spiro atoms. The van der Waals surface area contributed by atoms with E-state index in [0.717, 1.165) is 23.9 Å². The quantitative estimate of drug-likeness (QED) is 0.663. The predicted octanol–water partition coefficient (Wildman–Crippen LogP) is 3.14. The fourth-order valence-corrected chi connectivity index (χ4v) is 3.29. The lowest BCUT2D eigenvalue weighted by Crippen LogP contribution is -2.27. The third-order valence-corrected chi connectivity index (χ3v) is 4.17. The Morgan fingerprint density at radius 2 is 2.27 bits per heavy atom. The average molecular weight is 222 g/mol. The maximum atomic E-state index is 6.29. The zero-order valence-corrected chi connectivity index (χ0v) is 9.77. The maximum absolute atomic E-state index is 6.29. The van der Waals surface area contributed by atoms with Crippen molar-refractivity contribution < 1.29 is 0 Å². The largest absolute Gasteiger partial charge is 0.310 e. The molecule has 0 aromatic rings. The third kappa shape index (κ3) is 1.49. The van der Waals surface area contributed by atoms with Crippen LogP contribution in [0.1, 0.15) is 26.2 Å². The summed E-state index contributed by atoms with van der Waals surface area (Å²) < 4.78 is 0. The summed E-state index contributed by atoms with van der Waals surface area (Å²) in [5, 5.41) is 4.64. The van der Waals surface area contributed by atoms with Gasteiger partial charge in [0.2, 0.25) is 0 Å². The highest BCUT2D eigenvalue weighted by molar-refractivity contribution is 6.30. The molecule has 0 fully saturated rings. The number of allylic oxidation sites excluding steroid dienone is 4. The molecule has 3 aliphatic rings. The van der Waals surface area contributed by atoms with Crippen LogP contribution < -0.4 is 5.32 Å². The second-order valence-electron chi connectivity index (χ2n) is 4.84. The van der Waals surface area contributed by atoms with Gasteiger partial charge in [0.25, 0.3) is 0 Å². The molecule has 2 heteroatoms. The second-order valence-corrected chi connectivity index (χ2v) is 5.30. The Labute approximate surface area is 95.9 Å². The van der Waals surface area contributed by atoms with E-state index in [1.807, 2.05) is 0 Å². The van der Waals surface area contributed by atoms with Crippen LogP contribution in [0.2, 0.25) is 0 Å². The first-order valence-corrected chi connectivity index (χ1v) is 6.17. The molecule has 0 saturated heterocycles. The summed E-state index contributed by atoms with van der Waals surface area (Å²) in [5.74, 6) is 0.734. The Kier molecular flexibility index (Phi) is 2.26. The van der Waals surface area contributed by atoms with Crippen molar-refractivity contribution in [3.05, 3.63) is 33.9 Å². The van der Waals surface area contributed by atoms with Gasteiger partial charge in [-0.1, -0.05) is 23.8 Å². The van der Waals surface area contributed by atoms with Crippen LogP contribution in [0.25, 0.3) is 0 Å². The molecule has 80 valence electrons. The molecule has 0 radical (unpaired) electrons. The molecule has 2 aliphatic carbocycles. The molecular formula is C13H16ClN. The molecule has 15 heavy (non-hydrogen) atoms. The van der Waals surface area contributed by atoms with Crippen LogP contribution in [-0.4, -0.2) is 12.6 Å². The molecule has 1 nitrogen and oxygen atoms in total. The molecule has 0 bridgehead atoms. The van der Waals surface area contributed by atoms with Gasteiger partial charge >= 0.3 is 0 Å². The standard InChI is InChI=1S/C13H16ClN/c1-8-6-9-3-5-12(14)11-4-2-10(7-15-8)13(9)11/h2,4,8-9,15H,3,5-7H2,1H3/t8-,9+/m0/s1. The molecule has 0 unspecified atom stereocenters. The lowest BCUT2D eigenvalue weighted by Gasteiger charge is -2.26. The van der Waals surface area contributed by atoms with Gasteiger partial charge in [0.1, 0.15) is 0 Å². The van der Waals surface area contributed by atoms with E-state index in [0.29, 0.717) is 6.04 Å². The summed E-state index contributed by atoms with van der Waals surface area (Å²) in [6.07, 6.45) is 8.01. The number of rotatable bonds is 0. The van der Waals surface area contributed by atoms with E-state index < -0.39 is 0 Å². The number of hydrogen-bond donors (Lipinski definition) is 1. The normalized spacial score (nSPS) is 34.5. The maximum Gasteiger partial charge on any atom is 0.0256 e. The molecule has 3 rings (SSSR count). The van der Waals surface area contributed by atoms with Crippen molar-refractivity contribution >= 4 is 11.6 Å². The van der Waals surface area contributed by atoms with Crippen LogP contribution in [0.3, 0.4) is 0 Å². The van der Waals surface area contributed by atoms with Gasteiger partial charge in [0.05, 0.1) is 0 Å². The minimum Gasteiger partial charge on any atom is -0.310 e. The van der Waals surface area contributed by atoms with E-state index >= 15 is 0 Å². The summed E-state index contributed by atoms with van der Waals surface area (Å²) in [6, 6.07) is 0.632. The molecule has 2 atom stereocenters. The van der Waals surface area contributed by atoms with Crippen LogP contribution in [0.15, 0.2) is 33.9 Å². The van der Waals surface area contributed by atoms with Crippen molar-refractivity contribution in [1.29, 1.82) is 0 Å². The molecule has 0 amide bonds. The molecule has 0 aromatic carbocycles. The first-order chi connectivity index (χ1) is 7.25. The fourth-order valence-electron chi connectivity index (χ4n) is 3.02. The molecular weight excluding hydrogens is 206 g/mol. The van der Waals surface area contributed by atoms with E-state index in [9.17, 15) is 0 Å². The van der Waals surface area contributed by atoms with Crippen LogP contribution in [0.4, 0.5) is 0 Å². The van der Waals surface area contributed by atoms with Gasteiger partial charge in [-0.3, -0.25) is 0 Å². The fraction of sp³-hybridized carbons (Fsp3) is 0.538. The van der Waals surface area contributed by atoms with E-state index in [4.69, 9.17) is 11.6 Å². The zero-order valence-electron chi connectivity index (χ0n) is 9.02. The SMILES string of the molecule is C[C@H]1C[C@H]2CCC(Cl)=C3C=CC(=C32)CN1. The van der Waals surface area contributed by atoms with Gasteiger partial charge in [-0.05, 0) is 48.8 Å². The van der Waals surface area contributed by atoms with Crippen LogP contribution in [0, 0.1) is 5.92 Å². The number of halogens is 1. The zero-order chi connectivity index (χ0) is 10.4. The topological polar surface area (TPSA) is 12.0 Å². The Bertz CT molecular complexity index is 389. The Morgan fingerprint density at radius 3 is 3.13 bits per heavy atom. The van der Waals surface area contributed by atoms with Gasteiger partial charge in [-0.2, -0.15) is 0 Å². The van der Waals surface area contributed by atoms with Gasteiger partial charge in [-0.25, -0.2) is 0 Å². The summed E-state index contributed by atoms with van der Waals surface area (Å²) in [7, 11) is 0. The van der Waals surface area contributed by atoms with Crippen molar-refractivity contribution in [3.8, 4) is 0 Å². The summed E-state index contributed by atoms with van der Waals surface area (Å²) in [4.78, 5) is 0. The average Bonchev–Trinajstić information content (AvgIpc) is 2.57. The van der Waals surface area contributed by atoms with E-state index in [2.05, 4.69) is 24.4 Å². The first-order valence-electron chi connectivity index (χ1n) is 5.79. The lowest BCUT2D eigenvalue weighted by molar-refractivity contribution is 0.441. The predicted molar refractivity (Wildman–Crippen MR) is 63.9 cm³/mol. The van der Waals surface area contributed by atoms with Gasteiger partial charge in [-0.15, -0.1) is 0 Å². The van der Waals surface area contributed by atoms with Crippen molar-refractivity contribution in [2.24, 2.45) is 5.92 Å². The minimum atomic E-state index is 0.632. The monoisotopic (exact) mass is 221 g/mol. The first kappa shape index (κ1) is 9.68. The van der Waals surface area contributed by atoms with E-state index in [-0.39, 0.29) is 0 Å². The van der Waals surface area contributed by atoms with Gasteiger partial charge in [0, 0.05) is 17.6 Å². The van der Waals surface area contributed by atoms with E-state index in [1.165, 1.54) is 24.0 Å². The summed E-state index contributed by atoms with van der Waals surface area (Å²) in [6.45, 7) is 3.29. The summed E-state index contributed by atoms with van der Waals surface area (Å²) >= 11 is 6.29. The number of nitrogens with one attached hydrogen (secondary N) is 1. The van der Waals surface area contributed by atoms with Crippen molar-refractivity contribution in [2.75, 3.05) is 6.54 Å². The molecule has 1 heterocycles. The Hall–Kier alpha value is -0.530. The van der Waals surface area contributed by atoms with Crippen molar-refractivity contribution in [2.45, 2.75) is 32.2 Å². The molecule has 1 aliphatic heterocycles.